The summed E-state index contributed by atoms with van der Waals surface area (Å²) >= 11 is 0. The fourth-order valence-corrected chi connectivity index (χ4v) is 3.91. The maximum Gasteiger partial charge on any atom is 0.338 e. The van der Waals surface area contributed by atoms with Crippen molar-refractivity contribution in [3.05, 3.63) is 83.9 Å². The van der Waals surface area contributed by atoms with Crippen molar-refractivity contribution in [2.75, 3.05) is 23.8 Å². The fourth-order valence-electron chi connectivity index (χ4n) is 2.83. The van der Waals surface area contributed by atoms with Crippen LogP contribution in [0.1, 0.15) is 27.6 Å². The van der Waals surface area contributed by atoms with Gasteiger partial charge in [0.1, 0.15) is 5.75 Å². The lowest BCUT2D eigenvalue weighted by Gasteiger charge is -2.13. The second-order valence-electron chi connectivity index (χ2n) is 6.58. The number of sulfonamides is 1. The van der Waals surface area contributed by atoms with E-state index in [4.69, 9.17) is 9.47 Å². The van der Waals surface area contributed by atoms with Crippen LogP contribution < -0.4 is 14.8 Å². The first-order valence-electron chi connectivity index (χ1n) is 9.68. The summed E-state index contributed by atoms with van der Waals surface area (Å²) in [5.74, 6) is -0.374. The summed E-state index contributed by atoms with van der Waals surface area (Å²) < 4.78 is 38.1. The first kappa shape index (κ1) is 22.8. The van der Waals surface area contributed by atoms with Gasteiger partial charge in [0.15, 0.2) is 0 Å². The molecule has 0 saturated carbocycles. The molecule has 0 atom stereocenters. The second-order valence-corrected chi connectivity index (χ2v) is 8.26. The molecule has 1 amide bonds. The van der Waals surface area contributed by atoms with Crippen molar-refractivity contribution < 1.29 is 27.5 Å². The molecule has 0 aliphatic carbocycles. The number of carbonyl (C=O) groups excluding carboxylic acids is 2. The summed E-state index contributed by atoms with van der Waals surface area (Å²) in [6.45, 7) is 1.90. The summed E-state index contributed by atoms with van der Waals surface area (Å²) in [4.78, 5) is 24.5. The van der Waals surface area contributed by atoms with Gasteiger partial charge in [0.05, 0.1) is 35.4 Å². The average molecular weight is 455 g/mol. The van der Waals surface area contributed by atoms with E-state index < -0.39 is 21.9 Å². The number of esters is 1. The molecule has 0 fully saturated rings. The van der Waals surface area contributed by atoms with E-state index in [-0.39, 0.29) is 28.3 Å². The molecule has 3 aromatic carbocycles. The van der Waals surface area contributed by atoms with E-state index in [1.165, 1.54) is 36.4 Å². The molecule has 0 bridgehead atoms. The molecule has 3 rings (SSSR count). The van der Waals surface area contributed by atoms with Gasteiger partial charge in [0, 0.05) is 5.69 Å². The van der Waals surface area contributed by atoms with Crippen LogP contribution in [-0.4, -0.2) is 34.0 Å². The maximum atomic E-state index is 12.8. The Morgan fingerprint density at radius 1 is 0.906 bits per heavy atom. The number of anilines is 2. The number of methoxy groups -OCH3 is 1. The summed E-state index contributed by atoms with van der Waals surface area (Å²) in [5, 5.41) is 2.73. The minimum atomic E-state index is -4.00. The highest BCUT2D eigenvalue weighted by atomic mass is 32.2. The van der Waals surface area contributed by atoms with E-state index in [0.717, 1.165) is 0 Å². The lowest BCUT2D eigenvalue weighted by atomic mass is 10.1. The van der Waals surface area contributed by atoms with Gasteiger partial charge >= 0.3 is 5.97 Å². The molecule has 0 radical (unpaired) electrons. The zero-order valence-corrected chi connectivity index (χ0v) is 18.3. The molecule has 0 aromatic heterocycles. The topological polar surface area (TPSA) is 111 Å². The monoisotopic (exact) mass is 454 g/mol. The number of hydrogen-bond donors (Lipinski definition) is 2. The molecule has 0 aliphatic rings. The van der Waals surface area contributed by atoms with Crippen molar-refractivity contribution >= 4 is 33.3 Å². The van der Waals surface area contributed by atoms with Crippen molar-refractivity contribution in [1.82, 2.24) is 0 Å². The average Bonchev–Trinajstić information content (AvgIpc) is 2.80. The zero-order valence-electron chi connectivity index (χ0n) is 17.5. The van der Waals surface area contributed by atoms with Crippen LogP contribution in [-0.2, 0) is 14.8 Å². The van der Waals surface area contributed by atoms with Gasteiger partial charge in [-0.3, -0.25) is 9.52 Å². The standard InChI is InChI=1S/C23H22N2O6S/c1-3-31-23(27)16-8-14-19(15-9-16)32(28,29)25-21-7-5-4-6-20(21)22(26)24-17-10-12-18(30-2)13-11-17/h4-15,25H,3H2,1-2H3,(H,24,26). The molecular weight excluding hydrogens is 432 g/mol. The second kappa shape index (κ2) is 9.97. The number of amides is 1. The lowest BCUT2D eigenvalue weighted by Crippen LogP contribution is -2.18. The Kier molecular flexibility index (Phi) is 7.11. The first-order valence-corrected chi connectivity index (χ1v) is 11.2. The van der Waals surface area contributed by atoms with Gasteiger partial charge in [-0.25, -0.2) is 13.2 Å². The number of hydrogen-bond acceptors (Lipinski definition) is 6. The van der Waals surface area contributed by atoms with Crippen LogP contribution in [0.15, 0.2) is 77.7 Å². The van der Waals surface area contributed by atoms with Crippen LogP contribution in [0.4, 0.5) is 11.4 Å². The van der Waals surface area contributed by atoms with E-state index in [9.17, 15) is 18.0 Å². The van der Waals surface area contributed by atoms with Crippen LogP contribution >= 0.6 is 0 Å². The molecule has 8 nitrogen and oxygen atoms in total. The Labute approximate surface area is 186 Å². The molecule has 0 unspecified atom stereocenters. The van der Waals surface area contributed by atoms with Crippen molar-refractivity contribution in [3.63, 3.8) is 0 Å². The molecule has 0 spiro atoms. The zero-order chi connectivity index (χ0) is 23.1. The predicted molar refractivity (Wildman–Crippen MR) is 121 cm³/mol. The van der Waals surface area contributed by atoms with Gasteiger partial charge in [-0.1, -0.05) is 12.1 Å². The minimum absolute atomic E-state index is 0.0593. The Morgan fingerprint density at radius 2 is 1.56 bits per heavy atom. The Morgan fingerprint density at radius 3 is 2.19 bits per heavy atom. The lowest BCUT2D eigenvalue weighted by molar-refractivity contribution is 0.0526. The number of rotatable bonds is 8. The number of nitrogens with one attached hydrogen (secondary N) is 2. The molecule has 0 saturated heterocycles. The minimum Gasteiger partial charge on any atom is -0.497 e. The Bertz CT molecular complexity index is 1210. The third kappa shape index (κ3) is 5.44. The molecule has 166 valence electrons. The van der Waals surface area contributed by atoms with Crippen LogP contribution in [0, 0.1) is 0 Å². The highest BCUT2D eigenvalue weighted by Crippen LogP contribution is 2.23. The van der Waals surface area contributed by atoms with Crippen LogP contribution in [0.3, 0.4) is 0 Å². The predicted octanol–water partition coefficient (Wildman–Crippen LogP) is 3.93. The van der Waals surface area contributed by atoms with Gasteiger partial charge in [0.2, 0.25) is 0 Å². The van der Waals surface area contributed by atoms with Crippen LogP contribution in [0.5, 0.6) is 5.75 Å². The maximum absolute atomic E-state index is 12.8. The molecule has 0 aliphatic heterocycles. The Hall–Kier alpha value is -3.85. The number of benzene rings is 3. The first-order chi connectivity index (χ1) is 15.3. The largest absolute Gasteiger partial charge is 0.497 e. The fraction of sp³-hybridized carbons (Fsp3) is 0.130. The van der Waals surface area contributed by atoms with Crippen LogP contribution in [0.25, 0.3) is 0 Å². The summed E-state index contributed by atoms with van der Waals surface area (Å²) in [6, 6.07) is 18.3. The molecular formula is C23H22N2O6S. The number of carbonyl (C=O) groups is 2. The van der Waals surface area contributed by atoms with E-state index in [1.54, 1.807) is 50.4 Å². The van der Waals surface area contributed by atoms with Gasteiger partial charge in [-0.05, 0) is 67.6 Å². The van der Waals surface area contributed by atoms with E-state index >= 15 is 0 Å². The summed E-state index contributed by atoms with van der Waals surface area (Å²) in [6.07, 6.45) is 0. The number of ether oxygens (including phenoxy) is 2. The van der Waals surface area contributed by atoms with Crippen molar-refractivity contribution in [3.8, 4) is 5.75 Å². The summed E-state index contributed by atoms with van der Waals surface area (Å²) in [5.41, 5.74) is 1.04. The Balaban J connectivity index is 1.80. The van der Waals surface area contributed by atoms with Crippen LogP contribution in [0.2, 0.25) is 0 Å². The molecule has 32 heavy (non-hydrogen) atoms. The molecule has 0 heterocycles. The quantitative estimate of drug-likeness (QED) is 0.499. The van der Waals surface area contributed by atoms with E-state index in [0.29, 0.717) is 11.4 Å². The van der Waals surface area contributed by atoms with E-state index in [2.05, 4.69) is 10.0 Å². The molecule has 9 heteroatoms. The smallest absolute Gasteiger partial charge is 0.338 e. The van der Waals surface area contributed by atoms with Crippen molar-refractivity contribution in [1.29, 1.82) is 0 Å². The van der Waals surface area contributed by atoms with Gasteiger partial charge < -0.3 is 14.8 Å². The molecule has 3 aromatic rings. The van der Waals surface area contributed by atoms with E-state index in [1.807, 2.05) is 0 Å². The molecule has 2 N–H and O–H groups in total. The highest BCUT2D eigenvalue weighted by molar-refractivity contribution is 7.92. The van der Waals surface area contributed by atoms with Gasteiger partial charge in [-0.15, -0.1) is 0 Å². The van der Waals surface area contributed by atoms with Gasteiger partial charge in [0.25, 0.3) is 15.9 Å². The third-order valence-corrected chi connectivity index (χ3v) is 5.82. The summed E-state index contributed by atoms with van der Waals surface area (Å²) in [7, 11) is -2.46. The normalized spacial score (nSPS) is 10.8. The third-order valence-electron chi connectivity index (χ3n) is 4.44. The van der Waals surface area contributed by atoms with Crippen molar-refractivity contribution in [2.45, 2.75) is 11.8 Å². The van der Waals surface area contributed by atoms with Gasteiger partial charge in [-0.2, -0.15) is 0 Å². The number of para-hydroxylation sites is 1. The van der Waals surface area contributed by atoms with Crippen molar-refractivity contribution in [2.24, 2.45) is 0 Å². The highest BCUT2D eigenvalue weighted by Gasteiger charge is 2.19. The SMILES string of the molecule is CCOC(=O)c1ccc(S(=O)(=O)Nc2ccccc2C(=O)Nc2ccc(OC)cc2)cc1.